The summed E-state index contributed by atoms with van der Waals surface area (Å²) in [6.07, 6.45) is 0.280. The first-order chi connectivity index (χ1) is 21.8. The maximum atomic E-state index is 15.6. The molecule has 2 aromatic carbocycles. The Balaban J connectivity index is 1.14. The number of aromatic nitrogens is 1. The second-order valence-corrected chi connectivity index (χ2v) is 11.8. The number of nitrogens with one attached hydrogen (secondary N) is 1. The van der Waals surface area contributed by atoms with E-state index in [2.05, 4.69) is 5.32 Å². The van der Waals surface area contributed by atoms with Gasteiger partial charge in [-0.25, -0.2) is 18.4 Å². The van der Waals surface area contributed by atoms with E-state index in [-0.39, 0.29) is 92.4 Å². The Labute approximate surface area is 260 Å². The maximum absolute atomic E-state index is 15.6. The number of carbonyl (C=O) groups is 3. The van der Waals surface area contributed by atoms with Crippen LogP contribution in [-0.4, -0.2) is 83.8 Å². The lowest BCUT2D eigenvalue weighted by atomic mass is 9.91. The molecule has 1 aromatic heterocycles. The molecule has 3 aromatic rings. The summed E-state index contributed by atoms with van der Waals surface area (Å²) in [6, 6.07) is 4.68. The summed E-state index contributed by atoms with van der Waals surface area (Å²) in [4.78, 5) is 50.9. The molecule has 2 fully saturated rings. The van der Waals surface area contributed by atoms with Crippen LogP contribution in [0.15, 0.2) is 35.3 Å². The van der Waals surface area contributed by atoms with Crippen molar-refractivity contribution in [2.75, 3.05) is 49.2 Å². The molecule has 13 nitrogen and oxygen atoms in total. The number of ether oxygens (including phenoxy) is 3. The smallest absolute Gasteiger partial charge is 0.414 e. The first-order valence-corrected chi connectivity index (χ1v) is 14.7. The number of aliphatic hydroxyl groups is 1. The molecule has 244 valence electrons. The maximum Gasteiger partial charge on any atom is 0.414 e. The van der Waals surface area contributed by atoms with Crippen molar-refractivity contribution in [3.8, 4) is 11.5 Å². The Morgan fingerprint density at radius 3 is 2.57 bits per heavy atom. The number of carboxylic acids is 1. The number of cyclic esters (lactones) is 1. The molecule has 0 spiro atoms. The van der Waals surface area contributed by atoms with E-state index in [0.717, 1.165) is 12.1 Å². The van der Waals surface area contributed by atoms with Crippen LogP contribution in [0.3, 0.4) is 0 Å². The van der Waals surface area contributed by atoms with E-state index in [0.29, 0.717) is 5.52 Å². The third-order valence-electron chi connectivity index (χ3n) is 8.56. The van der Waals surface area contributed by atoms with E-state index in [1.807, 2.05) is 0 Å². The summed E-state index contributed by atoms with van der Waals surface area (Å²) in [5.74, 6) is -3.17. The van der Waals surface area contributed by atoms with Gasteiger partial charge in [0.05, 0.1) is 35.7 Å². The minimum atomic E-state index is -1.40. The minimum absolute atomic E-state index is 0.0934. The molecule has 3 aliphatic heterocycles. The number of rotatable bonds is 8. The van der Waals surface area contributed by atoms with Crippen LogP contribution in [0.5, 0.6) is 11.5 Å². The van der Waals surface area contributed by atoms with Gasteiger partial charge in [-0.05, 0) is 38.0 Å². The van der Waals surface area contributed by atoms with Gasteiger partial charge in [-0.15, -0.1) is 0 Å². The summed E-state index contributed by atoms with van der Waals surface area (Å²) >= 11 is 0. The van der Waals surface area contributed by atoms with Gasteiger partial charge in [-0.1, -0.05) is 0 Å². The van der Waals surface area contributed by atoms with Crippen LogP contribution in [0, 0.1) is 11.6 Å². The van der Waals surface area contributed by atoms with Crippen LogP contribution in [0.2, 0.25) is 0 Å². The van der Waals surface area contributed by atoms with Gasteiger partial charge < -0.3 is 39.2 Å². The van der Waals surface area contributed by atoms with Gasteiger partial charge in [0.25, 0.3) is 0 Å². The van der Waals surface area contributed by atoms with E-state index >= 15 is 4.39 Å². The number of hydrogen-bond acceptors (Lipinski definition) is 9. The van der Waals surface area contributed by atoms with Gasteiger partial charge in [0.2, 0.25) is 11.3 Å². The molecule has 2 amide bonds. The number of nitrogens with zero attached hydrogens (tertiary/aromatic N) is 3. The van der Waals surface area contributed by atoms with Crippen LogP contribution >= 0.6 is 0 Å². The van der Waals surface area contributed by atoms with E-state index < -0.39 is 46.4 Å². The highest BCUT2D eigenvalue weighted by Crippen LogP contribution is 2.43. The fourth-order valence-electron chi connectivity index (χ4n) is 6.03. The van der Waals surface area contributed by atoms with Crippen molar-refractivity contribution in [3.05, 3.63) is 57.9 Å². The number of aromatic carboxylic acids is 1. The normalized spacial score (nSPS) is 20.3. The van der Waals surface area contributed by atoms with Crippen molar-refractivity contribution in [2.24, 2.45) is 0 Å². The summed E-state index contributed by atoms with van der Waals surface area (Å²) in [6.45, 7) is 3.65. The second kappa shape index (κ2) is 11.8. The fourth-order valence-corrected chi connectivity index (χ4v) is 6.03. The summed E-state index contributed by atoms with van der Waals surface area (Å²) in [5.41, 5.74) is -1.97. The molecule has 0 bridgehead atoms. The Hall–Kier alpha value is -4.92. The van der Waals surface area contributed by atoms with Crippen molar-refractivity contribution in [1.29, 1.82) is 0 Å². The highest BCUT2D eigenvalue weighted by atomic mass is 19.1. The van der Waals surface area contributed by atoms with Gasteiger partial charge in [0.15, 0.2) is 23.1 Å². The first kappa shape index (κ1) is 31.1. The number of piperidine rings is 1. The molecular formula is C31H32F2N4O9. The second-order valence-electron chi connectivity index (χ2n) is 11.8. The largest absolute Gasteiger partial charge is 0.488 e. The highest BCUT2D eigenvalue weighted by molar-refractivity contribution is 5.97. The van der Waals surface area contributed by atoms with Crippen LogP contribution in [-0.2, 0) is 9.53 Å². The third-order valence-corrected chi connectivity index (χ3v) is 8.56. The Morgan fingerprint density at radius 1 is 1.15 bits per heavy atom. The molecule has 0 aliphatic carbocycles. The van der Waals surface area contributed by atoms with E-state index in [1.54, 1.807) is 16.4 Å². The molecule has 0 radical (unpaired) electrons. The van der Waals surface area contributed by atoms with Crippen LogP contribution in [0.4, 0.5) is 25.0 Å². The van der Waals surface area contributed by atoms with Gasteiger partial charge in [-0.3, -0.25) is 14.5 Å². The van der Waals surface area contributed by atoms with Gasteiger partial charge in [-0.2, -0.15) is 0 Å². The summed E-state index contributed by atoms with van der Waals surface area (Å²) in [7, 11) is 0. The lowest BCUT2D eigenvalue weighted by molar-refractivity contribution is -0.119. The zero-order valence-corrected chi connectivity index (χ0v) is 25.0. The monoisotopic (exact) mass is 642 g/mol. The molecule has 3 aliphatic rings. The van der Waals surface area contributed by atoms with Crippen molar-refractivity contribution in [1.82, 2.24) is 9.88 Å². The lowest BCUT2D eigenvalue weighted by Gasteiger charge is -2.40. The zero-order valence-electron chi connectivity index (χ0n) is 25.0. The van der Waals surface area contributed by atoms with Crippen molar-refractivity contribution in [3.63, 3.8) is 0 Å². The van der Waals surface area contributed by atoms with E-state index in [1.165, 1.54) is 30.2 Å². The molecule has 46 heavy (non-hydrogen) atoms. The molecule has 6 rings (SSSR count). The van der Waals surface area contributed by atoms with Crippen LogP contribution in [0.25, 0.3) is 10.9 Å². The minimum Gasteiger partial charge on any atom is -0.488 e. The number of halogens is 2. The molecule has 2 atom stereocenters. The van der Waals surface area contributed by atoms with Gasteiger partial charge in [0, 0.05) is 32.3 Å². The van der Waals surface area contributed by atoms with Crippen LogP contribution < -0.4 is 30.0 Å². The Kier molecular flexibility index (Phi) is 7.96. The Bertz CT molecular complexity index is 1800. The van der Waals surface area contributed by atoms with Gasteiger partial charge >= 0.3 is 12.1 Å². The average Bonchev–Trinajstić information content (AvgIpc) is 3.39. The third kappa shape index (κ3) is 5.66. The number of pyridine rings is 1. The zero-order chi connectivity index (χ0) is 32.9. The molecule has 0 saturated carbocycles. The molecule has 2 unspecified atom stereocenters. The summed E-state index contributed by atoms with van der Waals surface area (Å²) in [5, 5.41) is 23.2. The standard InChI is InChI=1S/C31H32F2N4O9/c1-16-14-44-28-25-20(27(39)21(29(40)41)13-36(16)25)10-23(33)26(28)35-7-5-31(43,6-8-35)15-45-24-4-3-18(9-22(24)32)37-12-19(46-30(37)42)11-34-17(2)38/h3-4,9-10,13,16,19,43H,5-8,11-12,14-15H2,1-2H3,(H,34,38)(H,40,41). The molecular weight excluding hydrogens is 610 g/mol. The molecule has 2 saturated heterocycles. The number of amides is 2. The molecule has 3 N–H and O–H groups in total. The van der Waals surface area contributed by atoms with Crippen molar-refractivity contribution >= 4 is 40.2 Å². The van der Waals surface area contributed by atoms with E-state index in [4.69, 9.17) is 14.2 Å². The molecule has 4 heterocycles. The first-order valence-electron chi connectivity index (χ1n) is 14.7. The van der Waals surface area contributed by atoms with Crippen LogP contribution in [0.1, 0.15) is 43.1 Å². The summed E-state index contributed by atoms with van der Waals surface area (Å²) < 4.78 is 49.0. The van der Waals surface area contributed by atoms with Crippen molar-refractivity contribution < 1.29 is 47.6 Å². The number of carboxylic acid groups (broad SMARTS) is 1. The Morgan fingerprint density at radius 2 is 1.89 bits per heavy atom. The number of anilines is 2. The molecule has 15 heteroatoms. The lowest BCUT2D eigenvalue weighted by Crippen LogP contribution is -2.48. The SMILES string of the molecule is CC(=O)NCC1CN(c2ccc(OCC3(O)CCN(c4c(F)cc5c(=O)c(C(=O)O)cn6c5c4OCC6C)CC3)c(F)c2)C(=O)O1. The number of benzene rings is 2. The number of hydrogen-bond donors (Lipinski definition) is 3. The quantitative estimate of drug-likeness (QED) is 0.334. The van der Waals surface area contributed by atoms with Gasteiger partial charge in [0.1, 0.15) is 36.2 Å². The number of carbonyl (C=O) groups excluding carboxylic acids is 2. The average molecular weight is 643 g/mol. The van der Waals surface area contributed by atoms with Crippen molar-refractivity contribution in [2.45, 2.75) is 44.4 Å². The highest BCUT2D eigenvalue weighted by Gasteiger charge is 2.38. The predicted octanol–water partition coefficient (Wildman–Crippen LogP) is 2.80. The fraction of sp³-hybridized carbons (Fsp3) is 0.419. The van der Waals surface area contributed by atoms with E-state index in [9.17, 15) is 33.8 Å². The predicted molar refractivity (Wildman–Crippen MR) is 160 cm³/mol. The topological polar surface area (TPSA) is 160 Å².